The zero-order chi connectivity index (χ0) is 10.7. The molecule has 3 atom stereocenters. The van der Waals surface area contributed by atoms with Crippen LogP contribution in [0.3, 0.4) is 0 Å². The van der Waals surface area contributed by atoms with Crippen LogP contribution in [-0.2, 0) is 0 Å². The number of hydrogen-bond donors (Lipinski definition) is 0. The fourth-order valence-corrected chi connectivity index (χ4v) is 3.83. The van der Waals surface area contributed by atoms with Gasteiger partial charge in [-0.3, -0.25) is 4.90 Å². The van der Waals surface area contributed by atoms with E-state index in [4.69, 9.17) is 0 Å². The normalized spacial score (nSPS) is 42.0. The second kappa shape index (κ2) is 2.75. The van der Waals surface area contributed by atoms with Crippen molar-refractivity contribution in [2.24, 2.45) is 17.3 Å². The van der Waals surface area contributed by atoms with Gasteiger partial charge in [0, 0.05) is 18.1 Å². The lowest BCUT2D eigenvalue weighted by molar-refractivity contribution is 0.0724. The van der Waals surface area contributed by atoms with Gasteiger partial charge in [-0.15, -0.1) is 0 Å². The summed E-state index contributed by atoms with van der Waals surface area (Å²) in [7, 11) is 0. The van der Waals surface area contributed by atoms with Crippen molar-refractivity contribution in [2.45, 2.75) is 59.5 Å². The van der Waals surface area contributed by atoms with E-state index in [9.17, 15) is 0 Å². The highest BCUT2D eigenvalue weighted by Gasteiger charge is 2.57. The van der Waals surface area contributed by atoms with Crippen molar-refractivity contribution in [2.75, 3.05) is 6.54 Å². The summed E-state index contributed by atoms with van der Waals surface area (Å²) >= 11 is 0. The Kier molecular flexibility index (Phi) is 2.06. The Morgan fingerprint density at radius 3 is 2.07 bits per heavy atom. The summed E-state index contributed by atoms with van der Waals surface area (Å²) in [6.45, 7) is 15.8. The first-order valence-corrected chi connectivity index (χ1v) is 6.01. The lowest BCUT2D eigenvalue weighted by Crippen LogP contribution is -2.48. The van der Waals surface area contributed by atoms with E-state index >= 15 is 0 Å². The van der Waals surface area contributed by atoms with Crippen molar-refractivity contribution in [1.82, 2.24) is 4.90 Å². The average molecular weight is 195 g/mol. The lowest BCUT2D eigenvalue weighted by atomic mass is 9.81. The lowest BCUT2D eigenvalue weighted by Gasteiger charge is -2.41. The first-order chi connectivity index (χ1) is 6.24. The maximum atomic E-state index is 2.73. The van der Waals surface area contributed by atoms with Crippen LogP contribution in [0.1, 0.15) is 48.0 Å². The van der Waals surface area contributed by atoms with Gasteiger partial charge in [-0.05, 0) is 44.4 Å². The van der Waals surface area contributed by atoms with Crippen LogP contribution < -0.4 is 0 Å². The molecule has 2 bridgehead atoms. The molecule has 0 aromatic carbocycles. The predicted octanol–water partition coefficient (Wildman–Crippen LogP) is 3.15. The third kappa shape index (κ3) is 1.25. The number of rotatable bonds is 0. The highest BCUT2D eigenvalue weighted by Crippen LogP contribution is 2.55. The molecule has 0 unspecified atom stereocenters. The molecule has 0 radical (unpaired) electrons. The molecule has 1 heterocycles. The van der Waals surface area contributed by atoms with Gasteiger partial charge in [-0.1, -0.05) is 20.8 Å². The van der Waals surface area contributed by atoms with Gasteiger partial charge in [0.25, 0.3) is 0 Å². The minimum absolute atomic E-state index is 0.358. The van der Waals surface area contributed by atoms with E-state index in [0.29, 0.717) is 11.0 Å². The van der Waals surface area contributed by atoms with Crippen LogP contribution in [0.2, 0.25) is 0 Å². The molecule has 1 aliphatic carbocycles. The molecule has 1 saturated carbocycles. The molecule has 2 fully saturated rings. The number of piperidine rings is 1. The van der Waals surface area contributed by atoms with E-state index in [0.717, 1.165) is 17.9 Å². The number of fused-ring (bicyclic) bond motifs is 2. The van der Waals surface area contributed by atoms with Crippen LogP contribution in [-0.4, -0.2) is 23.0 Å². The van der Waals surface area contributed by atoms with Crippen molar-refractivity contribution in [3.05, 3.63) is 0 Å². The van der Waals surface area contributed by atoms with Crippen molar-refractivity contribution in [3.8, 4) is 0 Å². The summed E-state index contributed by atoms with van der Waals surface area (Å²) in [6.07, 6.45) is 1.41. The molecule has 2 rings (SSSR count). The zero-order valence-corrected chi connectivity index (χ0v) is 10.6. The minimum Gasteiger partial charge on any atom is -0.295 e. The first-order valence-electron chi connectivity index (χ1n) is 6.01. The van der Waals surface area contributed by atoms with Crippen LogP contribution in [0.4, 0.5) is 0 Å². The van der Waals surface area contributed by atoms with Crippen LogP contribution >= 0.6 is 0 Å². The first kappa shape index (κ1) is 10.5. The topological polar surface area (TPSA) is 3.24 Å². The van der Waals surface area contributed by atoms with E-state index in [1.54, 1.807) is 0 Å². The van der Waals surface area contributed by atoms with Crippen molar-refractivity contribution in [3.63, 3.8) is 0 Å². The zero-order valence-electron chi connectivity index (χ0n) is 10.6. The Labute approximate surface area is 88.9 Å². The summed E-state index contributed by atoms with van der Waals surface area (Å²) < 4.78 is 0. The minimum atomic E-state index is 0.358. The van der Waals surface area contributed by atoms with E-state index in [1.165, 1.54) is 13.0 Å². The molecule has 0 N–H and O–H groups in total. The largest absolute Gasteiger partial charge is 0.295 e. The average Bonchev–Trinajstić information content (AvgIpc) is 2.34. The highest BCUT2D eigenvalue weighted by molar-refractivity contribution is 5.09. The monoisotopic (exact) mass is 195 g/mol. The van der Waals surface area contributed by atoms with Gasteiger partial charge in [-0.2, -0.15) is 0 Å². The Bertz CT molecular complexity index is 236. The molecule has 1 heteroatoms. The molecule has 0 spiro atoms. The fraction of sp³-hybridized carbons (Fsp3) is 1.00. The molecule has 1 aliphatic heterocycles. The summed E-state index contributed by atoms with van der Waals surface area (Å²) in [6, 6.07) is 0.822. The smallest absolute Gasteiger partial charge is 0.0158 e. The highest BCUT2D eigenvalue weighted by atomic mass is 15.3. The maximum absolute atomic E-state index is 2.73. The van der Waals surface area contributed by atoms with Crippen LogP contribution in [0.5, 0.6) is 0 Å². The number of hydrogen-bond acceptors (Lipinski definition) is 1. The fourth-order valence-electron chi connectivity index (χ4n) is 3.83. The van der Waals surface area contributed by atoms with Gasteiger partial charge in [0.15, 0.2) is 0 Å². The molecule has 1 saturated heterocycles. The molecule has 2 aliphatic rings. The molecular weight excluding hydrogens is 170 g/mol. The Morgan fingerprint density at radius 1 is 1.21 bits per heavy atom. The summed E-state index contributed by atoms with van der Waals surface area (Å²) in [5.74, 6) is 1.86. The van der Waals surface area contributed by atoms with Gasteiger partial charge >= 0.3 is 0 Å². The molecule has 82 valence electrons. The summed E-state index contributed by atoms with van der Waals surface area (Å²) in [5.41, 5.74) is 0.906. The van der Waals surface area contributed by atoms with Gasteiger partial charge in [-0.25, -0.2) is 0 Å². The number of nitrogens with zero attached hydrogens (tertiary/aromatic N) is 1. The molecule has 0 aromatic heterocycles. The number of likely N-dealkylation sites (tertiary alicyclic amines) is 1. The maximum Gasteiger partial charge on any atom is 0.0158 e. The third-order valence-corrected chi connectivity index (χ3v) is 4.73. The van der Waals surface area contributed by atoms with Crippen molar-refractivity contribution >= 4 is 0 Å². The summed E-state index contributed by atoms with van der Waals surface area (Å²) in [4.78, 5) is 2.73. The summed E-state index contributed by atoms with van der Waals surface area (Å²) in [5, 5.41) is 0. The van der Waals surface area contributed by atoms with Crippen LogP contribution in [0.25, 0.3) is 0 Å². The Morgan fingerprint density at radius 2 is 1.79 bits per heavy atom. The SMILES string of the molecule is C[C@@H]1C[C@@H]2N(C(C)(C)C)C[C@H]1C2(C)C. The van der Waals surface area contributed by atoms with E-state index < -0.39 is 0 Å². The third-order valence-electron chi connectivity index (χ3n) is 4.73. The Balaban J connectivity index is 2.25. The molecule has 14 heavy (non-hydrogen) atoms. The van der Waals surface area contributed by atoms with Gasteiger partial charge < -0.3 is 0 Å². The van der Waals surface area contributed by atoms with Gasteiger partial charge in [0.1, 0.15) is 0 Å². The molecular formula is C13H25N. The van der Waals surface area contributed by atoms with E-state index in [2.05, 4.69) is 46.4 Å². The van der Waals surface area contributed by atoms with Gasteiger partial charge in [0.2, 0.25) is 0 Å². The second-order valence-corrected chi connectivity index (χ2v) is 6.98. The van der Waals surface area contributed by atoms with Crippen LogP contribution in [0, 0.1) is 17.3 Å². The van der Waals surface area contributed by atoms with E-state index in [-0.39, 0.29) is 0 Å². The van der Waals surface area contributed by atoms with Gasteiger partial charge in [0.05, 0.1) is 0 Å². The molecule has 1 nitrogen and oxygen atoms in total. The van der Waals surface area contributed by atoms with Crippen LogP contribution in [0.15, 0.2) is 0 Å². The van der Waals surface area contributed by atoms with E-state index in [1.807, 2.05) is 0 Å². The van der Waals surface area contributed by atoms with Crippen molar-refractivity contribution in [1.29, 1.82) is 0 Å². The quantitative estimate of drug-likeness (QED) is 0.574. The van der Waals surface area contributed by atoms with Crippen molar-refractivity contribution < 1.29 is 0 Å². The Hall–Kier alpha value is -0.0400. The molecule has 0 amide bonds. The molecule has 0 aromatic rings. The standard InChI is InChI=1S/C13H25N/c1-9-7-11-13(5,6)10(9)8-14(11)12(2,3)4/h9-11H,7-8H2,1-6H3/t9-,10-,11+/m1/s1. The predicted molar refractivity (Wildman–Crippen MR) is 61.3 cm³/mol. The second-order valence-electron chi connectivity index (χ2n) is 6.98.